The summed E-state index contributed by atoms with van der Waals surface area (Å²) in [5.41, 5.74) is 1.49. The van der Waals surface area contributed by atoms with Crippen molar-refractivity contribution >= 4 is 17.7 Å². The molecular formula is C19H25F3N2O3. The highest BCUT2D eigenvalue weighted by atomic mass is 19.4. The Balaban J connectivity index is 0.000000828. The third kappa shape index (κ3) is 8.72. The highest BCUT2D eigenvalue weighted by Crippen LogP contribution is 2.27. The van der Waals surface area contributed by atoms with E-state index < -0.39 is 12.6 Å². The van der Waals surface area contributed by atoms with Crippen molar-refractivity contribution in [2.24, 2.45) is 5.92 Å². The van der Waals surface area contributed by atoms with Crippen molar-refractivity contribution < 1.29 is 27.8 Å². The van der Waals surface area contributed by atoms with Crippen LogP contribution in [0.4, 0.5) is 18.9 Å². The Bertz CT molecular complexity index is 642. The Morgan fingerprint density at radius 1 is 1.41 bits per heavy atom. The van der Waals surface area contributed by atoms with Crippen LogP contribution in [-0.2, 0) is 4.79 Å². The molecule has 0 atom stereocenters. The van der Waals surface area contributed by atoms with Gasteiger partial charge in [-0.15, -0.1) is 0 Å². The van der Waals surface area contributed by atoms with Crippen molar-refractivity contribution in [3.05, 3.63) is 36.1 Å². The third-order valence-corrected chi connectivity index (χ3v) is 4.04. The first kappa shape index (κ1) is 22.7. The first-order chi connectivity index (χ1) is 12.9. The van der Waals surface area contributed by atoms with E-state index in [1.165, 1.54) is 38.3 Å². The van der Waals surface area contributed by atoms with Crippen LogP contribution in [0, 0.1) is 5.92 Å². The number of carbonyl (C=O) groups excluding carboxylic acids is 1. The van der Waals surface area contributed by atoms with Crippen LogP contribution < -0.4 is 10.1 Å². The smallest absolute Gasteiger partial charge is 0.379 e. The van der Waals surface area contributed by atoms with E-state index in [2.05, 4.69) is 23.0 Å². The highest BCUT2D eigenvalue weighted by molar-refractivity contribution is 6.03. The number of anilines is 1. The van der Waals surface area contributed by atoms with Crippen molar-refractivity contribution in [3.63, 3.8) is 0 Å². The zero-order chi connectivity index (χ0) is 20.2. The minimum atomic E-state index is -3.67. The first-order valence-corrected chi connectivity index (χ1v) is 8.61. The molecule has 0 unspecified atom stereocenters. The number of amides is 1. The Hall–Kier alpha value is -2.35. The molecule has 0 bridgehead atoms. The monoisotopic (exact) mass is 386 g/mol. The minimum Gasteiger partial charge on any atom is -0.481 e. The lowest BCUT2D eigenvalue weighted by Gasteiger charge is -2.17. The van der Waals surface area contributed by atoms with Gasteiger partial charge in [-0.05, 0) is 24.8 Å². The summed E-state index contributed by atoms with van der Waals surface area (Å²) in [5, 5.41) is 11.6. The Labute approximate surface area is 156 Å². The summed E-state index contributed by atoms with van der Waals surface area (Å²) in [6.07, 6.45) is 12.1. The predicted molar refractivity (Wildman–Crippen MR) is 98.4 cm³/mol. The van der Waals surface area contributed by atoms with Gasteiger partial charge in [-0.3, -0.25) is 4.79 Å². The van der Waals surface area contributed by atoms with Crippen molar-refractivity contribution in [1.82, 2.24) is 4.98 Å². The molecule has 0 saturated heterocycles. The summed E-state index contributed by atoms with van der Waals surface area (Å²) in [5.74, 6) is 0.707. The van der Waals surface area contributed by atoms with Crippen LogP contribution in [0.3, 0.4) is 0 Å². The van der Waals surface area contributed by atoms with Crippen LogP contribution in [0.15, 0.2) is 30.5 Å². The van der Waals surface area contributed by atoms with Crippen molar-refractivity contribution in [2.45, 2.75) is 38.8 Å². The van der Waals surface area contributed by atoms with Crippen LogP contribution in [-0.4, -0.2) is 36.4 Å². The second-order valence-corrected chi connectivity index (χ2v) is 6.04. The molecule has 1 aromatic heterocycles. The quantitative estimate of drug-likeness (QED) is 0.713. The van der Waals surface area contributed by atoms with Gasteiger partial charge in [0.1, 0.15) is 0 Å². The van der Waals surface area contributed by atoms with E-state index in [1.54, 1.807) is 7.11 Å². The molecule has 1 heterocycles. The van der Waals surface area contributed by atoms with Crippen LogP contribution in [0.1, 0.15) is 37.7 Å². The lowest BCUT2D eigenvalue weighted by Crippen LogP contribution is -2.16. The van der Waals surface area contributed by atoms with Gasteiger partial charge in [0.2, 0.25) is 5.88 Å². The molecule has 1 fully saturated rings. The highest BCUT2D eigenvalue weighted by Gasteiger charge is 2.12. The summed E-state index contributed by atoms with van der Waals surface area (Å²) < 4.78 is 34.3. The number of alkyl halides is 3. The number of aliphatic hydroxyl groups excluding tert-OH is 1. The maximum atomic E-state index is 11.8. The fourth-order valence-corrected chi connectivity index (χ4v) is 2.69. The van der Waals surface area contributed by atoms with E-state index in [0.29, 0.717) is 17.5 Å². The van der Waals surface area contributed by atoms with Crippen LogP contribution in [0.5, 0.6) is 5.88 Å². The number of aromatic nitrogens is 1. The van der Waals surface area contributed by atoms with Gasteiger partial charge in [0.15, 0.2) is 0 Å². The molecule has 150 valence electrons. The van der Waals surface area contributed by atoms with Gasteiger partial charge in [-0.1, -0.05) is 38.0 Å². The van der Waals surface area contributed by atoms with E-state index in [4.69, 9.17) is 9.84 Å². The average Bonchev–Trinajstić information content (AvgIpc) is 2.66. The van der Waals surface area contributed by atoms with Crippen molar-refractivity contribution in [3.8, 4) is 5.88 Å². The number of rotatable bonds is 6. The summed E-state index contributed by atoms with van der Waals surface area (Å²) in [7, 11) is 1.58. The number of allylic oxidation sites excluding steroid dienone is 1. The summed E-state index contributed by atoms with van der Waals surface area (Å²) in [6, 6.07) is 1.81. The second-order valence-electron chi connectivity index (χ2n) is 6.04. The fourth-order valence-electron chi connectivity index (χ4n) is 2.69. The number of ether oxygens (including phenoxy) is 1. The molecule has 0 aromatic carbocycles. The van der Waals surface area contributed by atoms with E-state index in [-0.39, 0.29) is 12.2 Å². The summed E-state index contributed by atoms with van der Waals surface area (Å²) >= 11 is 0. The van der Waals surface area contributed by atoms with Crippen molar-refractivity contribution in [1.29, 1.82) is 0 Å². The topological polar surface area (TPSA) is 71.5 Å². The van der Waals surface area contributed by atoms with Gasteiger partial charge in [-0.2, -0.15) is 13.2 Å². The molecule has 1 amide bonds. The van der Waals surface area contributed by atoms with Gasteiger partial charge in [-0.25, -0.2) is 4.98 Å². The lowest BCUT2D eigenvalue weighted by molar-refractivity contribution is -0.113. The number of pyridine rings is 1. The summed E-state index contributed by atoms with van der Waals surface area (Å²) in [6.45, 7) is -0.536. The maximum Gasteiger partial charge on any atom is 0.379 e. The first-order valence-electron chi connectivity index (χ1n) is 8.61. The zero-order valence-corrected chi connectivity index (χ0v) is 15.3. The molecule has 5 nitrogen and oxygen atoms in total. The van der Waals surface area contributed by atoms with Gasteiger partial charge in [0.25, 0.3) is 5.91 Å². The van der Waals surface area contributed by atoms with E-state index in [9.17, 15) is 18.0 Å². The molecule has 1 aliphatic rings. The standard InChI is InChI=1S/C18H24N2O3.CHF3/c1-13(12-21)17(22)20-16-10-15(18(23-2)19-11-16)9-8-14-6-4-3-5-7-14;2-1(3)4/h8-11,14,21H,1,3-7,12H2,2H3,(H,20,22);1H/b9-8+;. The molecule has 27 heavy (non-hydrogen) atoms. The Morgan fingerprint density at radius 3 is 2.59 bits per heavy atom. The normalized spacial score (nSPS) is 14.6. The minimum absolute atomic E-state index is 0.111. The number of halogens is 3. The Morgan fingerprint density at radius 2 is 2.04 bits per heavy atom. The number of methoxy groups -OCH3 is 1. The molecule has 1 aliphatic carbocycles. The van der Waals surface area contributed by atoms with Gasteiger partial charge < -0.3 is 15.2 Å². The number of carbonyl (C=O) groups is 1. The van der Waals surface area contributed by atoms with Gasteiger partial charge in [0.05, 0.1) is 25.6 Å². The predicted octanol–water partition coefficient (Wildman–Crippen LogP) is 4.35. The van der Waals surface area contributed by atoms with E-state index >= 15 is 0 Å². The van der Waals surface area contributed by atoms with Crippen LogP contribution in [0.25, 0.3) is 6.08 Å². The Kier molecular flexibility index (Phi) is 10.2. The third-order valence-electron chi connectivity index (χ3n) is 4.04. The molecule has 2 N–H and O–H groups in total. The van der Waals surface area contributed by atoms with Gasteiger partial charge in [0, 0.05) is 11.1 Å². The second kappa shape index (κ2) is 12.1. The average molecular weight is 386 g/mol. The van der Waals surface area contributed by atoms with Crippen LogP contribution >= 0.6 is 0 Å². The largest absolute Gasteiger partial charge is 0.481 e. The summed E-state index contributed by atoms with van der Waals surface area (Å²) in [4.78, 5) is 16.0. The van der Waals surface area contributed by atoms with Crippen molar-refractivity contribution in [2.75, 3.05) is 19.0 Å². The molecular weight excluding hydrogens is 361 g/mol. The van der Waals surface area contributed by atoms with E-state index in [0.717, 1.165) is 5.56 Å². The lowest BCUT2D eigenvalue weighted by atomic mass is 9.89. The van der Waals surface area contributed by atoms with Gasteiger partial charge >= 0.3 is 6.68 Å². The zero-order valence-electron chi connectivity index (χ0n) is 15.3. The fraction of sp³-hybridized carbons (Fsp3) is 0.474. The molecule has 0 aliphatic heterocycles. The SMILES string of the molecule is C=C(CO)C(=O)Nc1cnc(OC)c(/C=C/C2CCCCC2)c1.FC(F)F. The molecule has 0 radical (unpaired) electrons. The molecule has 1 aromatic rings. The number of nitrogens with zero attached hydrogens (tertiary/aromatic N) is 1. The van der Waals surface area contributed by atoms with E-state index in [1.807, 2.05) is 12.1 Å². The molecule has 1 saturated carbocycles. The number of hydrogen-bond donors (Lipinski definition) is 2. The number of aliphatic hydroxyl groups is 1. The molecule has 2 rings (SSSR count). The number of nitrogens with one attached hydrogen (secondary N) is 1. The maximum absolute atomic E-state index is 11.8. The van der Waals surface area contributed by atoms with Crippen LogP contribution in [0.2, 0.25) is 0 Å². The molecule has 0 spiro atoms. The molecule has 8 heteroatoms. The number of hydrogen-bond acceptors (Lipinski definition) is 4.